The third kappa shape index (κ3) is 3.93. The molecule has 3 nitrogen and oxygen atoms in total. The Morgan fingerprint density at radius 3 is 2.58 bits per heavy atom. The van der Waals surface area contributed by atoms with Gasteiger partial charge in [-0.15, -0.1) is 0 Å². The Morgan fingerprint density at radius 1 is 1.21 bits per heavy atom. The smallest absolute Gasteiger partial charge is 0.107 e. The Kier molecular flexibility index (Phi) is 5.16. The van der Waals surface area contributed by atoms with Crippen LogP contribution in [-0.2, 0) is 12.8 Å². The average Bonchev–Trinajstić information content (AvgIpc) is 2.96. The molecular weight excluding hydrogens is 234 g/mol. The number of hydrogen-bond acceptors (Lipinski definition) is 2. The minimum absolute atomic E-state index is 0.331. The highest BCUT2D eigenvalue weighted by atomic mass is 14.9. The van der Waals surface area contributed by atoms with Gasteiger partial charge < -0.3 is 10.3 Å². The highest BCUT2D eigenvalue weighted by molar-refractivity contribution is 5.25. The largest absolute Gasteiger partial charge is 0.349 e. The Morgan fingerprint density at radius 2 is 2.00 bits per heavy atom. The van der Waals surface area contributed by atoms with Crippen LogP contribution in [0.1, 0.15) is 43.3 Å². The maximum absolute atomic E-state index is 4.33. The van der Waals surface area contributed by atoms with Crippen LogP contribution >= 0.6 is 0 Å². The zero-order chi connectivity index (χ0) is 13.5. The molecule has 0 fully saturated rings. The lowest BCUT2D eigenvalue weighted by Gasteiger charge is -2.18. The number of aromatic amines is 1. The number of aromatic nitrogens is 2. The fourth-order valence-electron chi connectivity index (χ4n) is 2.22. The van der Waals surface area contributed by atoms with Gasteiger partial charge in [-0.25, -0.2) is 4.98 Å². The Bertz CT molecular complexity index is 459. The van der Waals surface area contributed by atoms with Crippen molar-refractivity contribution in [2.24, 2.45) is 0 Å². The SMILES string of the molecule is CCCNC(Cc1ncc[nH]1)c1ccc(CC)cc1. The van der Waals surface area contributed by atoms with Gasteiger partial charge in [0.05, 0.1) is 0 Å². The maximum atomic E-state index is 4.33. The number of nitrogens with zero attached hydrogens (tertiary/aromatic N) is 1. The van der Waals surface area contributed by atoms with Crippen molar-refractivity contribution in [3.05, 3.63) is 53.6 Å². The predicted molar refractivity (Wildman–Crippen MR) is 79.1 cm³/mol. The molecule has 0 aliphatic rings. The minimum Gasteiger partial charge on any atom is -0.349 e. The second kappa shape index (κ2) is 7.10. The molecule has 0 aliphatic carbocycles. The minimum atomic E-state index is 0.331. The van der Waals surface area contributed by atoms with Crippen molar-refractivity contribution < 1.29 is 0 Å². The molecule has 0 saturated heterocycles. The van der Waals surface area contributed by atoms with Crippen LogP contribution in [0.3, 0.4) is 0 Å². The molecule has 0 aliphatic heterocycles. The predicted octanol–water partition coefficient (Wildman–Crippen LogP) is 3.26. The lowest BCUT2D eigenvalue weighted by atomic mass is 10.0. The summed E-state index contributed by atoms with van der Waals surface area (Å²) in [4.78, 5) is 7.51. The van der Waals surface area contributed by atoms with Crippen LogP contribution in [0.25, 0.3) is 0 Å². The monoisotopic (exact) mass is 257 g/mol. The van der Waals surface area contributed by atoms with Gasteiger partial charge in [-0.1, -0.05) is 38.1 Å². The molecule has 2 N–H and O–H groups in total. The van der Waals surface area contributed by atoms with Crippen molar-refractivity contribution in [2.45, 2.75) is 39.2 Å². The Balaban J connectivity index is 2.10. The molecule has 102 valence electrons. The van der Waals surface area contributed by atoms with Crippen LogP contribution in [-0.4, -0.2) is 16.5 Å². The van der Waals surface area contributed by atoms with Crippen LogP contribution in [0.5, 0.6) is 0 Å². The molecule has 0 amide bonds. The Hall–Kier alpha value is -1.61. The van der Waals surface area contributed by atoms with E-state index in [4.69, 9.17) is 0 Å². The third-order valence-electron chi connectivity index (χ3n) is 3.38. The summed E-state index contributed by atoms with van der Waals surface area (Å²) in [5, 5.41) is 3.60. The van der Waals surface area contributed by atoms with Crippen molar-refractivity contribution in [1.82, 2.24) is 15.3 Å². The molecule has 0 bridgehead atoms. The number of imidazole rings is 1. The van der Waals surface area contributed by atoms with Gasteiger partial charge >= 0.3 is 0 Å². The van der Waals surface area contributed by atoms with E-state index in [1.807, 2.05) is 12.4 Å². The second-order valence-corrected chi connectivity index (χ2v) is 4.84. The third-order valence-corrected chi connectivity index (χ3v) is 3.38. The zero-order valence-corrected chi connectivity index (χ0v) is 11.8. The van der Waals surface area contributed by atoms with Crippen LogP contribution in [0, 0.1) is 0 Å². The average molecular weight is 257 g/mol. The Labute approximate surface area is 115 Å². The van der Waals surface area contributed by atoms with Crippen LogP contribution in [0.4, 0.5) is 0 Å². The lowest BCUT2D eigenvalue weighted by molar-refractivity contribution is 0.520. The highest BCUT2D eigenvalue weighted by Gasteiger charge is 2.12. The van der Waals surface area contributed by atoms with Gasteiger partial charge in [0.2, 0.25) is 0 Å². The van der Waals surface area contributed by atoms with E-state index in [-0.39, 0.29) is 0 Å². The summed E-state index contributed by atoms with van der Waals surface area (Å²) in [6.45, 7) is 5.41. The topological polar surface area (TPSA) is 40.7 Å². The normalized spacial score (nSPS) is 12.5. The summed E-state index contributed by atoms with van der Waals surface area (Å²) in [5.74, 6) is 1.04. The molecule has 2 aromatic rings. The molecule has 19 heavy (non-hydrogen) atoms. The quantitative estimate of drug-likeness (QED) is 0.799. The number of hydrogen-bond donors (Lipinski definition) is 2. The first-order chi connectivity index (χ1) is 9.33. The standard InChI is InChI=1S/C16H23N3/c1-3-9-17-15(12-16-18-10-11-19-16)14-7-5-13(4-2)6-8-14/h5-8,10-11,15,17H,3-4,9,12H2,1-2H3,(H,18,19). The number of H-pyrrole nitrogens is 1. The first-order valence-corrected chi connectivity index (χ1v) is 7.14. The maximum Gasteiger partial charge on any atom is 0.107 e. The lowest BCUT2D eigenvalue weighted by Crippen LogP contribution is -2.24. The van der Waals surface area contributed by atoms with E-state index in [1.165, 1.54) is 11.1 Å². The molecule has 1 atom stereocenters. The van der Waals surface area contributed by atoms with Gasteiger partial charge in [0, 0.05) is 24.9 Å². The first kappa shape index (κ1) is 13.8. The summed E-state index contributed by atoms with van der Waals surface area (Å²) in [6.07, 6.45) is 6.82. The highest BCUT2D eigenvalue weighted by Crippen LogP contribution is 2.18. The summed E-state index contributed by atoms with van der Waals surface area (Å²) in [6, 6.07) is 9.23. The number of benzene rings is 1. The van der Waals surface area contributed by atoms with E-state index in [1.54, 1.807) is 0 Å². The van der Waals surface area contributed by atoms with Gasteiger partial charge in [0.25, 0.3) is 0 Å². The summed E-state index contributed by atoms with van der Waals surface area (Å²) < 4.78 is 0. The van der Waals surface area contributed by atoms with Crippen LogP contribution in [0.2, 0.25) is 0 Å². The van der Waals surface area contributed by atoms with Gasteiger partial charge in [-0.3, -0.25) is 0 Å². The van der Waals surface area contributed by atoms with Crippen molar-refractivity contribution >= 4 is 0 Å². The molecule has 0 saturated carbocycles. The van der Waals surface area contributed by atoms with Gasteiger partial charge in [-0.2, -0.15) is 0 Å². The molecule has 0 radical (unpaired) electrons. The molecule has 1 aromatic carbocycles. The van der Waals surface area contributed by atoms with E-state index < -0.39 is 0 Å². The summed E-state index contributed by atoms with van der Waals surface area (Å²) in [5.41, 5.74) is 2.72. The van der Waals surface area contributed by atoms with E-state index >= 15 is 0 Å². The van der Waals surface area contributed by atoms with Gasteiger partial charge in [0.1, 0.15) is 5.82 Å². The van der Waals surface area contributed by atoms with Crippen molar-refractivity contribution in [3.8, 4) is 0 Å². The zero-order valence-electron chi connectivity index (χ0n) is 11.8. The fourth-order valence-corrected chi connectivity index (χ4v) is 2.22. The van der Waals surface area contributed by atoms with Crippen molar-refractivity contribution in [3.63, 3.8) is 0 Å². The van der Waals surface area contributed by atoms with Gasteiger partial charge in [-0.05, 0) is 30.5 Å². The number of aryl methyl sites for hydroxylation is 1. The number of nitrogens with one attached hydrogen (secondary N) is 2. The summed E-state index contributed by atoms with van der Waals surface area (Å²) in [7, 11) is 0. The summed E-state index contributed by atoms with van der Waals surface area (Å²) >= 11 is 0. The van der Waals surface area contributed by atoms with Crippen LogP contribution in [0.15, 0.2) is 36.7 Å². The van der Waals surface area contributed by atoms with Gasteiger partial charge in [0.15, 0.2) is 0 Å². The first-order valence-electron chi connectivity index (χ1n) is 7.14. The molecule has 1 aromatic heterocycles. The molecule has 3 heteroatoms. The van der Waals surface area contributed by atoms with Crippen molar-refractivity contribution in [2.75, 3.05) is 6.54 Å². The number of rotatable bonds is 7. The van der Waals surface area contributed by atoms with E-state index in [2.05, 4.69) is 53.4 Å². The van der Waals surface area contributed by atoms with E-state index in [9.17, 15) is 0 Å². The van der Waals surface area contributed by atoms with Crippen molar-refractivity contribution in [1.29, 1.82) is 0 Å². The van der Waals surface area contributed by atoms with Crippen LogP contribution < -0.4 is 5.32 Å². The van der Waals surface area contributed by atoms with E-state index in [0.29, 0.717) is 6.04 Å². The fraction of sp³-hybridized carbons (Fsp3) is 0.438. The second-order valence-electron chi connectivity index (χ2n) is 4.84. The molecular formula is C16H23N3. The molecule has 0 spiro atoms. The molecule has 2 rings (SSSR count). The molecule has 1 heterocycles. The molecule has 1 unspecified atom stereocenters. The van der Waals surface area contributed by atoms with E-state index in [0.717, 1.165) is 31.6 Å².